The number of hydrogen-bond acceptors (Lipinski definition) is 7. The average Bonchev–Trinajstić information content (AvgIpc) is 3.33. The summed E-state index contributed by atoms with van der Waals surface area (Å²) in [6.45, 7) is 10.9. The van der Waals surface area contributed by atoms with Gasteiger partial charge in [0.2, 0.25) is 5.69 Å². The van der Waals surface area contributed by atoms with E-state index in [0.717, 1.165) is 29.5 Å². The Morgan fingerprint density at radius 1 is 1.11 bits per heavy atom. The summed E-state index contributed by atoms with van der Waals surface area (Å²) in [6.07, 6.45) is 6.52. The van der Waals surface area contributed by atoms with Crippen LogP contribution in [0.3, 0.4) is 0 Å². The highest BCUT2D eigenvalue weighted by molar-refractivity contribution is 5.94. The Balaban J connectivity index is 1.49. The number of furan rings is 1. The first-order valence-corrected chi connectivity index (χ1v) is 11.6. The molecular weight excluding hydrogens is 458 g/mol. The summed E-state index contributed by atoms with van der Waals surface area (Å²) in [7, 11) is 3.38. The third-order valence-corrected chi connectivity index (χ3v) is 6.12. The average molecular weight is 484 g/mol. The number of nitrogens with zero attached hydrogens (tertiary/aromatic N) is 5. The number of amides is 1. The maximum atomic E-state index is 12.3. The van der Waals surface area contributed by atoms with E-state index in [-0.39, 0.29) is 12.0 Å². The van der Waals surface area contributed by atoms with Crippen LogP contribution in [-0.2, 0) is 4.74 Å². The molecule has 4 aromatic heterocycles. The van der Waals surface area contributed by atoms with Gasteiger partial charge in [-0.25, -0.2) is 4.85 Å². The minimum Gasteiger partial charge on any atom is -0.500 e. The number of ether oxygens (including phenoxy) is 2. The lowest BCUT2D eigenvalue weighted by molar-refractivity contribution is 0.0258. The van der Waals surface area contributed by atoms with E-state index < -0.39 is 0 Å². The Morgan fingerprint density at radius 3 is 2.64 bits per heavy atom. The summed E-state index contributed by atoms with van der Waals surface area (Å²) in [5.41, 5.74) is 4.92. The van der Waals surface area contributed by atoms with E-state index in [2.05, 4.69) is 19.8 Å². The molecule has 1 saturated heterocycles. The van der Waals surface area contributed by atoms with Crippen LogP contribution in [0.2, 0.25) is 0 Å². The molecule has 9 nitrogen and oxygen atoms in total. The smallest absolute Gasteiger partial charge is 0.271 e. The molecular formula is C27H25N5O4. The zero-order valence-electron chi connectivity index (χ0n) is 20.3. The lowest BCUT2D eigenvalue weighted by Crippen LogP contribution is -2.25. The highest BCUT2D eigenvalue weighted by Crippen LogP contribution is 2.37. The van der Waals surface area contributed by atoms with Gasteiger partial charge in [-0.3, -0.25) is 19.7 Å². The SMILES string of the molecule is [C-]#[N+]c1cc(-c2ccnc3cc(-c4cnc(C(=O)N(C)C)cc4C)oc23)ncc1OC1CCOCC1. The van der Waals surface area contributed by atoms with Gasteiger partial charge in [-0.05, 0) is 30.7 Å². The van der Waals surface area contributed by atoms with Crippen molar-refractivity contribution in [2.24, 2.45) is 0 Å². The molecule has 0 unspecified atom stereocenters. The molecule has 0 bridgehead atoms. The van der Waals surface area contributed by atoms with Crippen molar-refractivity contribution in [3.8, 4) is 28.3 Å². The molecule has 0 atom stereocenters. The largest absolute Gasteiger partial charge is 0.500 e. The van der Waals surface area contributed by atoms with Gasteiger partial charge in [-0.1, -0.05) is 0 Å². The van der Waals surface area contributed by atoms with E-state index in [9.17, 15) is 4.79 Å². The lowest BCUT2D eigenvalue weighted by Gasteiger charge is -2.23. The molecule has 5 rings (SSSR count). The number of aryl methyl sites for hydroxylation is 1. The van der Waals surface area contributed by atoms with Crippen LogP contribution in [0.5, 0.6) is 5.75 Å². The number of rotatable bonds is 5. The van der Waals surface area contributed by atoms with E-state index in [0.29, 0.717) is 52.9 Å². The van der Waals surface area contributed by atoms with Gasteiger partial charge in [0, 0.05) is 56.5 Å². The fraction of sp³-hybridized carbons (Fsp3) is 0.296. The molecule has 9 heteroatoms. The third-order valence-electron chi connectivity index (χ3n) is 6.12. The van der Waals surface area contributed by atoms with Crippen molar-refractivity contribution in [1.29, 1.82) is 0 Å². The van der Waals surface area contributed by atoms with Crippen LogP contribution in [0.1, 0.15) is 28.9 Å². The highest BCUT2D eigenvalue weighted by Gasteiger charge is 2.20. The number of aromatic nitrogens is 3. The summed E-state index contributed by atoms with van der Waals surface area (Å²) in [5.74, 6) is 0.896. The molecule has 1 amide bonds. The summed E-state index contributed by atoms with van der Waals surface area (Å²) < 4.78 is 17.7. The zero-order chi connectivity index (χ0) is 25.2. The first-order valence-electron chi connectivity index (χ1n) is 11.6. The fourth-order valence-electron chi connectivity index (χ4n) is 4.16. The normalized spacial score (nSPS) is 13.9. The van der Waals surface area contributed by atoms with E-state index in [1.54, 1.807) is 44.8 Å². The maximum Gasteiger partial charge on any atom is 0.271 e. The Kier molecular flexibility index (Phi) is 6.36. The van der Waals surface area contributed by atoms with Crippen LogP contribution in [0.25, 0.3) is 38.5 Å². The Bertz CT molecular complexity index is 1480. The van der Waals surface area contributed by atoms with Crippen LogP contribution >= 0.6 is 0 Å². The van der Waals surface area contributed by atoms with Gasteiger partial charge in [0.15, 0.2) is 5.58 Å². The van der Waals surface area contributed by atoms with Gasteiger partial charge < -0.3 is 18.8 Å². The lowest BCUT2D eigenvalue weighted by atomic mass is 10.1. The number of fused-ring (bicyclic) bond motifs is 1. The summed E-state index contributed by atoms with van der Waals surface area (Å²) in [6, 6.07) is 7.12. The standard InChI is InChI=1S/C27H25N5O4/c1-16-11-23(27(33)32(3)4)30-14-19(16)24-13-22-26(36-24)18(5-8-29-22)20-12-21(28-2)25(15-31-20)35-17-6-9-34-10-7-17/h5,8,11-15,17H,6-7,9-10H2,1,3-4H3. The first kappa shape index (κ1) is 23.5. The van der Waals surface area contributed by atoms with Crippen molar-refractivity contribution in [2.45, 2.75) is 25.9 Å². The van der Waals surface area contributed by atoms with Crippen LogP contribution in [0.15, 0.2) is 47.3 Å². The van der Waals surface area contributed by atoms with E-state index in [4.69, 9.17) is 20.5 Å². The van der Waals surface area contributed by atoms with E-state index in [1.807, 2.05) is 19.1 Å². The second-order valence-electron chi connectivity index (χ2n) is 8.85. The Morgan fingerprint density at radius 2 is 1.92 bits per heavy atom. The fourth-order valence-corrected chi connectivity index (χ4v) is 4.16. The van der Waals surface area contributed by atoms with E-state index in [1.165, 1.54) is 4.90 Å². The predicted molar refractivity (Wildman–Crippen MR) is 134 cm³/mol. The van der Waals surface area contributed by atoms with Gasteiger partial charge in [0.25, 0.3) is 5.91 Å². The van der Waals surface area contributed by atoms with Gasteiger partial charge >= 0.3 is 0 Å². The molecule has 1 fully saturated rings. The minimum absolute atomic E-state index is 0.0171. The second-order valence-corrected chi connectivity index (χ2v) is 8.85. The summed E-state index contributed by atoms with van der Waals surface area (Å²) in [5, 5.41) is 0. The van der Waals surface area contributed by atoms with Crippen molar-refractivity contribution in [1.82, 2.24) is 19.9 Å². The van der Waals surface area contributed by atoms with E-state index >= 15 is 0 Å². The van der Waals surface area contributed by atoms with Gasteiger partial charge in [0.1, 0.15) is 28.8 Å². The van der Waals surface area contributed by atoms with Gasteiger partial charge in [0.05, 0.1) is 31.7 Å². The maximum absolute atomic E-state index is 12.3. The van der Waals surface area contributed by atoms with Crippen molar-refractivity contribution >= 4 is 22.7 Å². The molecule has 0 radical (unpaired) electrons. The van der Waals surface area contributed by atoms with Crippen LogP contribution in [-0.4, -0.2) is 59.2 Å². The van der Waals surface area contributed by atoms with Gasteiger partial charge in [-0.2, -0.15) is 0 Å². The van der Waals surface area contributed by atoms with Gasteiger partial charge in [-0.15, -0.1) is 0 Å². The molecule has 0 spiro atoms. The minimum atomic E-state index is -0.163. The topological polar surface area (TPSA) is 94.9 Å². The monoisotopic (exact) mass is 483 g/mol. The highest BCUT2D eigenvalue weighted by atomic mass is 16.5. The predicted octanol–water partition coefficient (Wildman–Crippen LogP) is 5.07. The van der Waals surface area contributed by atoms with Crippen LogP contribution < -0.4 is 4.74 Å². The third kappa shape index (κ3) is 4.51. The first-order chi connectivity index (χ1) is 17.4. The molecule has 0 N–H and O–H groups in total. The molecule has 182 valence electrons. The molecule has 1 aliphatic heterocycles. The molecule has 0 aromatic carbocycles. The molecule has 4 aromatic rings. The number of carbonyl (C=O) groups excluding carboxylic acids is 1. The van der Waals surface area contributed by atoms with Crippen molar-refractivity contribution < 1.29 is 18.7 Å². The summed E-state index contributed by atoms with van der Waals surface area (Å²) >= 11 is 0. The Hall–Kier alpha value is -4.29. The number of hydrogen-bond donors (Lipinski definition) is 0. The summed E-state index contributed by atoms with van der Waals surface area (Å²) in [4.78, 5) is 30.8. The second kappa shape index (κ2) is 9.76. The molecule has 0 aliphatic carbocycles. The molecule has 36 heavy (non-hydrogen) atoms. The van der Waals surface area contributed by atoms with Crippen molar-refractivity contribution in [2.75, 3.05) is 27.3 Å². The van der Waals surface area contributed by atoms with Crippen LogP contribution in [0, 0.1) is 13.5 Å². The van der Waals surface area contributed by atoms with Crippen molar-refractivity contribution in [3.63, 3.8) is 0 Å². The zero-order valence-corrected chi connectivity index (χ0v) is 20.3. The molecule has 5 heterocycles. The van der Waals surface area contributed by atoms with Crippen LogP contribution in [0.4, 0.5) is 5.69 Å². The molecule has 1 aliphatic rings. The number of pyridine rings is 3. The molecule has 0 saturated carbocycles. The quantitative estimate of drug-likeness (QED) is 0.366. The number of carbonyl (C=O) groups is 1. The Labute approximate surface area is 208 Å². The van der Waals surface area contributed by atoms with Crippen molar-refractivity contribution in [3.05, 3.63) is 65.5 Å².